The summed E-state index contributed by atoms with van der Waals surface area (Å²) < 4.78 is 9.78. The van der Waals surface area contributed by atoms with E-state index in [1.54, 1.807) is 31.2 Å². The van der Waals surface area contributed by atoms with Gasteiger partial charge in [0, 0.05) is 0 Å². The van der Waals surface area contributed by atoms with E-state index in [1.807, 2.05) is 0 Å². The zero-order chi connectivity index (χ0) is 13.0. The minimum atomic E-state index is -0.748. The van der Waals surface area contributed by atoms with Crippen molar-refractivity contribution < 1.29 is 18.7 Å². The maximum Gasteiger partial charge on any atom is 0.426 e. The number of aromatic nitrogens is 1. The number of nitrogens with zero attached hydrogens (tertiary/aromatic N) is 1. The van der Waals surface area contributed by atoms with E-state index in [9.17, 15) is 9.59 Å². The number of amides is 2. The van der Waals surface area contributed by atoms with Gasteiger partial charge in [-0.25, -0.2) is 15.2 Å². The molecule has 0 spiro atoms. The molecular formula is C11H11N3O4. The molecule has 0 fully saturated rings. The average Bonchev–Trinajstić information content (AvgIpc) is 2.80. The lowest BCUT2D eigenvalue weighted by Gasteiger charge is -2.04. The van der Waals surface area contributed by atoms with E-state index in [0.717, 1.165) is 0 Å². The van der Waals surface area contributed by atoms with Gasteiger partial charge in [0.05, 0.1) is 6.61 Å². The Labute approximate surface area is 102 Å². The number of hydrogen-bond acceptors (Lipinski definition) is 5. The largest absolute Gasteiger partial charge is 0.449 e. The standard InChI is InChI=1S/C11H11N3O4/c1-2-17-11(16)14-13-9(15)10-12-7-5-3-4-6-8(7)18-10/h3-6H,2H2,1H3,(H,13,15)(H,14,16). The lowest BCUT2D eigenvalue weighted by Crippen LogP contribution is -2.42. The maximum atomic E-state index is 11.6. The summed E-state index contributed by atoms with van der Waals surface area (Å²) in [6, 6.07) is 6.96. The molecule has 2 N–H and O–H groups in total. The summed E-state index contributed by atoms with van der Waals surface area (Å²) in [5, 5.41) is 0. The summed E-state index contributed by atoms with van der Waals surface area (Å²) in [4.78, 5) is 26.5. The molecule has 0 unspecified atom stereocenters. The van der Waals surface area contributed by atoms with Crippen molar-refractivity contribution in [2.75, 3.05) is 6.61 Å². The molecular weight excluding hydrogens is 238 g/mol. The second-order valence-corrected chi connectivity index (χ2v) is 3.29. The zero-order valence-corrected chi connectivity index (χ0v) is 9.60. The third kappa shape index (κ3) is 2.57. The highest BCUT2D eigenvalue weighted by molar-refractivity contribution is 5.93. The van der Waals surface area contributed by atoms with Crippen LogP contribution in [0.4, 0.5) is 4.79 Å². The van der Waals surface area contributed by atoms with Crippen LogP contribution in [0.5, 0.6) is 0 Å². The normalized spacial score (nSPS) is 10.1. The highest BCUT2D eigenvalue weighted by Crippen LogP contribution is 2.14. The number of benzene rings is 1. The van der Waals surface area contributed by atoms with Crippen molar-refractivity contribution in [1.29, 1.82) is 0 Å². The van der Waals surface area contributed by atoms with Crippen molar-refractivity contribution >= 4 is 23.1 Å². The Hall–Kier alpha value is -2.57. The quantitative estimate of drug-likeness (QED) is 0.780. The molecule has 0 aliphatic heterocycles. The molecule has 1 aromatic heterocycles. The van der Waals surface area contributed by atoms with Gasteiger partial charge in [0.2, 0.25) is 0 Å². The fourth-order valence-electron chi connectivity index (χ4n) is 1.30. The lowest BCUT2D eigenvalue weighted by molar-refractivity contribution is 0.0881. The van der Waals surface area contributed by atoms with E-state index < -0.39 is 12.0 Å². The summed E-state index contributed by atoms with van der Waals surface area (Å²) >= 11 is 0. The van der Waals surface area contributed by atoms with E-state index in [4.69, 9.17) is 4.42 Å². The molecule has 1 aromatic carbocycles. The fourth-order valence-corrected chi connectivity index (χ4v) is 1.30. The smallest absolute Gasteiger partial charge is 0.426 e. The van der Waals surface area contributed by atoms with Gasteiger partial charge in [0.15, 0.2) is 5.58 Å². The fraction of sp³-hybridized carbons (Fsp3) is 0.182. The van der Waals surface area contributed by atoms with Gasteiger partial charge in [0.1, 0.15) is 5.52 Å². The zero-order valence-electron chi connectivity index (χ0n) is 9.60. The van der Waals surface area contributed by atoms with Crippen molar-refractivity contribution in [2.45, 2.75) is 6.92 Å². The number of oxazole rings is 1. The van der Waals surface area contributed by atoms with Crippen LogP contribution in [-0.4, -0.2) is 23.6 Å². The Morgan fingerprint density at radius 2 is 2.11 bits per heavy atom. The molecule has 1 heterocycles. The van der Waals surface area contributed by atoms with Crippen LogP contribution in [0.2, 0.25) is 0 Å². The minimum Gasteiger partial charge on any atom is -0.449 e. The number of ether oxygens (including phenoxy) is 1. The average molecular weight is 249 g/mol. The molecule has 0 saturated carbocycles. The van der Waals surface area contributed by atoms with Crippen LogP contribution in [0.15, 0.2) is 28.7 Å². The monoisotopic (exact) mass is 249 g/mol. The molecule has 0 aliphatic carbocycles. The Balaban J connectivity index is 2.02. The Morgan fingerprint density at radius 1 is 1.33 bits per heavy atom. The van der Waals surface area contributed by atoms with E-state index in [2.05, 4.69) is 20.6 Å². The van der Waals surface area contributed by atoms with Crippen molar-refractivity contribution in [3.63, 3.8) is 0 Å². The summed E-state index contributed by atoms with van der Waals surface area (Å²) in [5.41, 5.74) is 5.26. The molecule has 18 heavy (non-hydrogen) atoms. The number of hydrogen-bond donors (Lipinski definition) is 2. The van der Waals surface area contributed by atoms with Crippen molar-refractivity contribution in [3.8, 4) is 0 Å². The van der Waals surface area contributed by atoms with Gasteiger partial charge >= 0.3 is 12.0 Å². The highest BCUT2D eigenvalue weighted by Gasteiger charge is 2.14. The minimum absolute atomic E-state index is 0.131. The molecule has 0 bridgehead atoms. The van der Waals surface area contributed by atoms with Gasteiger partial charge in [-0.2, -0.15) is 0 Å². The molecule has 2 aromatic rings. The summed E-state index contributed by atoms with van der Waals surface area (Å²) in [7, 11) is 0. The highest BCUT2D eigenvalue weighted by atomic mass is 16.6. The Kier molecular flexibility index (Phi) is 3.42. The van der Waals surface area contributed by atoms with Gasteiger partial charge in [-0.05, 0) is 19.1 Å². The number of para-hydroxylation sites is 2. The predicted molar refractivity (Wildman–Crippen MR) is 61.6 cm³/mol. The molecule has 2 amide bonds. The van der Waals surface area contributed by atoms with Gasteiger partial charge in [-0.15, -0.1) is 0 Å². The molecule has 2 rings (SSSR count). The van der Waals surface area contributed by atoms with Gasteiger partial charge in [-0.3, -0.25) is 10.2 Å². The first-order valence-corrected chi connectivity index (χ1v) is 5.29. The number of hydrazine groups is 1. The molecule has 0 atom stereocenters. The van der Waals surface area contributed by atoms with Crippen LogP contribution in [0, 0.1) is 0 Å². The van der Waals surface area contributed by atoms with E-state index >= 15 is 0 Å². The second kappa shape index (κ2) is 5.17. The van der Waals surface area contributed by atoms with Crippen molar-refractivity contribution in [1.82, 2.24) is 15.8 Å². The molecule has 7 heteroatoms. The van der Waals surface area contributed by atoms with Crippen LogP contribution in [0.25, 0.3) is 11.1 Å². The van der Waals surface area contributed by atoms with Crippen LogP contribution in [0.1, 0.15) is 17.6 Å². The number of fused-ring (bicyclic) bond motifs is 1. The van der Waals surface area contributed by atoms with Crippen LogP contribution >= 0.6 is 0 Å². The third-order valence-corrected chi connectivity index (χ3v) is 2.04. The van der Waals surface area contributed by atoms with Gasteiger partial charge in [0.25, 0.3) is 5.89 Å². The molecule has 94 valence electrons. The van der Waals surface area contributed by atoms with E-state index in [1.165, 1.54) is 0 Å². The van der Waals surface area contributed by atoms with Crippen LogP contribution in [-0.2, 0) is 4.74 Å². The van der Waals surface area contributed by atoms with E-state index in [0.29, 0.717) is 11.1 Å². The number of carbonyl (C=O) groups is 2. The summed E-state index contributed by atoms with van der Waals surface area (Å²) in [6.45, 7) is 1.87. The third-order valence-electron chi connectivity index (χ3n) is 2.04. The SMILES string of the molecule is CCOC(=O)NNC(=O)c1nc2ccccc2o1. The first-order chi connectivity index (χ1) is 8.70. The maximum absolute atomic E-state index is 11.6. The van der Waals surface area contributed by atoms with Crippen molar-refractivity contribution in [3.05, 3.63) is 30.2 Å². The predicted octanol–water partition coefficient (Wildman–Crippen LogP) is 1.22. The number of rotatable bonds is 2. The summed E-state index contributed by atoms with van der Waals surface area (Å²) in [6.07, 6.45) is -0.748. The van der Waals surface area contributed by atoms with Crippen molar-refractivity contribution in [2.24, 2.45) is 0 Å². The number of carbonyl (C=O) groups excluding carboxylic acids is 2. The molecule has 0 radical (unpaired) electrons. The number of nitrogens with one attached hydrogen (secondary N) is 2. The second-order valence-electron chi connectivity index (χ2n) is 3.29. The first-order valence-electron chi connectivity index (χ1n) is 5.29. The van der Waals surface area contributed by atoms with Crippen LogP contribution < -0.4 is 10.9 Å². The van der Waals surface area contributed by atoms with Crippen LogP contribution in [0.3, 0.4) is 0 Å². The first kappa shape index (κ1) is 11.9. The Morgan fingerprint density at radius 3 is 2.83 bits per heavy atom. The Bertz CT molecular complexity index is 545. The van der Waals surface area contributed by atoms with E-state index in [-0.39, 0.29) is 12.5 Å². The lowest BCUT2D eigenvalue weighted by atomic mass is 10.3. The van der Waals surface area contributed by atoms with Gasteiger partial charge < -0.3 is 9.15 Å². The molecule has 0 aliphatic rings. The molecule has 0 saturated heterocycles. The topological polar surface area (TPSA) is 93.5 Å². The molecule has 7 nitrogen and oxygen atoms in total. The van der Waals surface area contributed by atoms with Gasteiger partial charge in [-0.1, -0.05) is 12.1 Å². The summed E-state index contributed by atoms with van der Waals surface area (Å²) in [5.74, 6) is -0.785.